The largest absolute Gasteiger partial charge is 0.480 e. The van der Waals surface area contributed by atoms with Crippen molar-refractivity contribution in [1.29, 1.82) is 0 Å². The first kappa shape index (κ1) is 13.8. The number of carbonyl (C=O) groups is 1. The average Bonchev–Trinajstić information content (AvgIpc) is 2.81. The van der Waals surface area contributed by atoms with Crippen molar-refractivity contribution in [1.82, 2.24) is 4.90 Å². The van der Waals surface area contributed by atoms with E-state index in [-0.39, 0.29) is 12.1 Å². The molecule has 1 aliphatic heterocycles. The van der Waals surface area contributed by atoms with Crippen LogP contribution in [0.5, 0.6) is 0 Å². The summed E-state index contributed by atoms with van der Waals surface area (Å²) in [6, 6.07) is 0.217. The molecule has 1 aliphatic carbocycles. The predicted octanol–water partition coefficient (Wildman–Crippen LogP) is 1.65. The van der Waals surface area contributed by atoms with Gasteiger partial charge in [-0.1, -0.05) is 0 Å². The summed E-state index contributed by atoms with van der Waals surface area (Å²) in [5.74, 6) is -0.00541. The topological polar surface area (TPSA) is 66.6 Å². The van der Waals surface area contributed by atoms with E-state index in [0.717, 1.165) is 38.6 Å². The highest BCUT2D eigenvalue weighted by atomic mass is 16.4. The summed E-state index contributed by atoms with van der Waals surface area (Å²) in [7, 11) is 0. The Hall–Kier alpha value is -0.610. The third-order valence-electron chi connectivity index (χ3n) is 4.55. The van der Waals surface area contributed by atoms with Gasteiger partial charge in [-0.05, 0) is 64.3 Å². The Labute approximate surface area is 110 Å². The second kappa shape index (κ2) is 6.02. The monoisotopic (exact) mass is 253 g/mol. The maximum Gasteiger partial charge on any atom is 0.320 e. The highest BCUT2D eigenvalue weighted by Crippen LogP contribution is 2.30. The quantitative estimate of drug-likeness (QED) is 0.799. The number of nitrogens with zero attached hydrogens (tertiary/aromatic N) is 1. The number of hydrogen-bond donors (Lipinski definition) is 2. The lowest BCUT2D eigenvalue weighted by Crippen LogP contribution is -2.43. The van der Waals surface area contributed by atoms with Crippen LogP contribution in [0, 0.1) is 12.8 Å². The first-order valence-electron chi connectivity index (χ1n) is 7.15. The number of carboxylic acid groups (broad SMARTS) is 1. The molecule has 0 bridgehead atoms. The van der Waals surface area contributed by atoms with E-state index in [1.165, 1.54) is 12.8 Å². The third kappa shape index (κ3) is 3.23. The summed E-state index contributed by atoms with van der Waals surface area (Å²) in [4.78, 5) is 13.2. The first-order chi connectivity index (χ1) is 8.58. The van der Waals surface area contributed by atoms with Crippen molar-refractivity contribution in [2.45, 2.75) is 63.1 Å². The minimum absolute atomic E-state index is 0.146. The van der Waals surface area contributed by atoms with Crippen molar-refractivity contribution in [3.05, 3.63) is 6.92 Å². The predicted molar refractivity (Wildman–Crippen MR) is 71.1 cm³/mol. The molecule has 0 spiro atoms. The van der Waals surface area contributed by atoms with Crippen molar-refractivity contribution < 1.29 is 9.90 Å². The lowest BCUT2D eigenvalue weighted by molar-refractivity contribution is -0.142. The van der Waals surface area contributed by atoms with E-state index in [1.807, 2.05) is 0 Å². The first-order valence-corrected chi connectivity index (χ1v) is 7.15. The van der Waals surface area contributed by atoms with E-state index >= 15 is 0 Å². The van der Waals surface area contributed by atoms with Crippen LogP contribution in [0.2, 0.25) is 0 Å². The van der Waals surface area contributed by atoms with Crippen LogP contribution in [0.4, 0.5) is 0 Å². The van der Waals surface area contributed by atoms with Gasteiger partial charge in [0, 0.05) is 12.1 Å². The molecule has 0 aromatic heterocycles. The smallest absolute Gasteiger partial charge is 0.320 e. The second-order valence-electron chi connectivity index (χ2n) is 5.90. The van der Waals surface area contributed by atoms with Crippen LogP contribution in [0.25, 0.3) is 0 Å². The summed E-state index contributed by atoms with van der Waals surface area (Å²) >= 11 is 0. The molecule has 18 heavy (non-hydrogen) atoms. The van der Waals surface area contributed by atoms with Crippen molar-refractivity contribution in [2.75, 3.05) is 6.54 Å². The Morgan fingerprint density at radius 2 is 2.00 bits per heavy atom. The van der Waals surface area contributed by atoms with Crippen LogP contribution in [0.15, 0.2) is 0 Å². The Morgan fingerprint density at radius 3 is 2.61 bits per heavy atom. The maximum atomic E-state index is 11.2. The summed E-state index contributed by atoms with van der Waals surface area (Å²) < 4.78 is 0. The zero-order chi connectivity index (χ0) is 13.1. The summed E-state index contributed by atoms with van der Waals surface area (Å²) in [6.07, 6.45) is 7.36. The van der Waals surface area contributed by atoms with Crippen molar-refractivity contribution >= 4 is 5.97 Å². The van der Waals surface area contributed by atoms with Gasteiger partial charge in [-0.15, -0.1) is 0 Å². The van der Waals surface area contributed by atoms with Gasteiger partial charge in [0.05, 0.1) is 0 Å². The third-order valence-corrected chi connectivity index (χ3v) is 4.55. The fourth-order valence-electron chi connectivity index (χ4n) is 3.44. The molecule has 1 saturated carbocycles. The SMILES string of the molecule is [CH2]C(CC1CCC(N)CC1)N1CCCC1C(=O)O. The molecular formula is C14H25N2O2. The molecule has 103 valence electrons. The molecule has 3 N–H and O–H groups in total. The minimum atomic E-state index is -0.688. The van der Waals surface area contributed by atoms with Gasteiger partial charge < -0.3 is 10.8 Å². The van der Waals surface area contributed by atoms with Gasteiger partial charge in [-0.2, -0.15) is 0 Å². The molecule has 4 heteroatoms. The fourth-order valence-corrected chi connectivity index (χ4v) is 3.44. The van der Waals surface area contributed by atoms with Crippen molar-refractivity contribution in [3.8, 4) is 0 Å². The molecule has 0 amide bonds. The molecule has 0 aromatic rings. The average molecular weight is 253 g/mol. The van der Waals surface area contributed by atoms with Crippen LogP contribution >= 0.6 is 0 Å². The molecule has 2 unspecified atom stereocenters. The molecular weight excluding hydrogens is 228 g/mol. The van der Waals surface area contributed by atoms with Crippen LogP contribution in [-0.2, 0) is 4.79 Å². The number of aliphatic carboxylic acids is 1. The Balaban J connectivity index is 1.83. The van der Waals surface area contributed by atoms with Crippen LogP contribution in [0.1, 0.15) is 44.9 Å². The molecule has 2 aliphatic rings. The number of hydrogen-bond acceptors (Lipinski definition) is 3. The van der Waals surface area contributed by atoms with Crippen molar-refractivity contribution in [3.63, 3.8) is 0 Å². The fraction of sp³-hybridized carbons (Fsp3) is 0.857. The standard InChI is InChI=1S/C14H25N2O2/c1-10(9-11-4-6-12(15)7-5-11)16-8-2-3-13(16)14(17)18/h10-13H,1-9,15H2,(H,17,18). The van der Waals surface area contributed by atoms with Gasteiger partial charge in [0.15, 0.2) is 0 Å². The van der Waals surface area contributed by atoms with Gasteiger partial charge in [0.25, 0.3) is 0 Å². The zero-order valence-electron chi connectivity index (χ0n) is 11.1. The van der Waals surface area contributed by atoms with Gasteiger partial charge in [0.1, 0.15) is 6.04 Å². The van der Waals surface area contributed by atoms with Gasteiger partial charge in [-0.25, -0.2) is 0 Å². The molecule has 2 rings (SSSR count). The van der Waals surface area contributed by atoms with E-state index in [9.17, 15) is 9.90 Å². The van der Waals surface area contributed by atoms with E-state index in [0.29, 0.717) is 12.0 Å². The molecule has 2 atom stereocenters. The van der Waals surface area contributed by atoms with E-state index in [2.05, 4.69) is 11.8 Å². The molecule has 2 fully saturated rings. The zero-order valence-corrected chi connectivity index (χ0v) is 11.1. The second-order valence-corrected chi connectivity index (χ2v) is 5.90. The lowest BCUT2D eigenvalue weighted by Gasteiger charge is -2.33. The van der Waals surface area contributed by atoms with E-state index in [1.54, 1.807) is 0 Å². The summed E-state index contributed by atoms with van der Waals surface area (Å²) in [5, 5.41) is 9.19. The highest BCUT2D eigenvalue weighted by molar-refractivity contribution is 5.73. The maximum absolute atomic E-state index is 11.2. The Morgan fingerprint density at radius 1 is 1.33 bits per heavy atom. The van der Waals surface area contributed by atoms with Crippen molar-refractivity contribution in [2.24, 2.45) is 11.7 Å². The molecule has 1 saturated heterocycles. The number of nitrogens with two attached hydrogens (primary N) is 1. The van der Waals surface area contributed by atoms with Gasteiger partial charge in [-0.3, -0.25) is 9.69 Å². The normalized spacial score (nSPS) is 35.6. The minimum Gasteiger partial charge on any atom is -0.480 e. The van der Waals surface area contributed by atoms with Gasteiger partial charge in [0.2, 0.25) is 0 Å². The Bertz CT molecular complexity index is 288. The highest BCUT2D eigenvalue weighted by Gasteiger charge is 2.34. The molecule has 1 radical (unpaired) electrons. The van der Waals surface area contributed by atoms with E-state index in [4.69, 9.17) is 5.73 Å². The number of carboxylic acids is 1. The van der Waals surface area contributed by atoms with Crippen LogP contribution in [0.3, 0.4) is 0 Å². The molecule has 1 heterocycles. The molecule has 0 aromatic carbocycles. The lowest BCUT2D eigenvalue weighted by atomic mass is 9.82. The van der Waals surface area contributed by atoms with Crippen LogP contribution in [-0.4, -0.2) is 40.6 Å². The Kier molecular flexibility index (Phi) is 4.62. The van der Waals surface area contributed by atoms with Crippen LogP contribution < -0.4 is 5.73 Å². The number of rotatable bonds is 4. The van der Waals surface area contributed by atoms with E-state index < -0.39 is 5.97 Å². The summed E-state index contributed by atoms with van der Waals surface area (Å²) in [6.45, 7) is 5.08. The molecule has 4 nitrogen and oxygen atoms in total. The summed E-state index contributed by atoms with van der Waals surface area (Å²) in [5.41, 5.74) is 5.91. The van der Waals surface area contributed by atoms with Gasteiger partial charge >= 0.3 is 5.97 Å². The number of likely N-dealkylation sites (tertiary alicyclic amines) is 1.